The molecule has 0 saturated carbocycles. The molecule has 2 rings (SSSR count). The van der Waals surface area contributed by atoms with Crippen LogP contribution < -0.4 is 0 Å². The van der Waals surface area contributed by atoms with Crippen LogP contribution in [-0.4, -0.2) is 34.8 Å². The minimum absolute atomic E-state index is 0.0300. The van der Waals surface area contributed by atoms with E-state index < -0.39 is 0 Å². The molecule has 0 aliphatic carbocycles. The van der Waals surface area contributed by atoms with Crippen molar-refractivity contribution in [2.24, 2.45) is 5.92 Å². The van der Waals surface area contributed by atoms with Gasteiger partial charge in [-0.3, -0.25) is 0 Å². The molecule has 0 bridgehead atoms. The molecule has 1 aromatic rings. The minimum Gasteiger partial charge on any atom is -0.390 e. The molecule has 1 aromatic heterocycles. The van der Waals surface area contributed by atoms with Gasteiger partial charge in [0.2, 0.25) is 0 Å². The van der Waals surface area contributed by atoms with Crippen LogP contribution in [0, 0.1) is 5.92 Å². The molecule has 1 N–H and O–H groups in total. The predicted molar refractivity (Wildman–Crippen MR) is 61.0 cm³/mol. The molecule has 0 spiro atoms. The lowest BCUT2D eigenvalue weighted by Crippen LogP contribution is -2.33. The van der Waals surface area contributed by atoms with Gasteiger partial charge in [-0.1, -0.05) is 12.1 Å². The van der Waals surface area contributed by atoms with Crippen LogP contribution in [0.4, 0.5) is 0 Å². The Bertz CT molecular complexity index is 317. The monoisotopic (exact) mass is 224 g/mol. The number of hydrogen-bond acceptors (Lipinski definition) is 4. The fraction of sp³-hybridized carbons (Fsp3) is 0.750. The third-order valence-corrected chi connectivity index (χ3v) is 3.41. The second-order valence-corrected chi connectivity index (χ2v) is 4.52. The molecular formula is C12H20N2O2. The molecule has 0 amide bonds. The lowest BCUT2D eigenvalue weighted by Gasteiger charge is -2.30. The van der Waals surface area contributed by atoms with Crippen molar-refractivity contribution in [3.8, 4) is 0 Å². The lowest BCUT2D eigenvalue weighted by atomic mass is 9.92. The van der Waals surface area contributed by atoms with Crippen LogP contribution in [0.25, 0.3) is 0 Å². The van der Waals surface area contributed by atoms with E-state index in [1.54, 1.807) is 0 Å². The van der Waals surface area contributed by atoms with Crippen LogP contribution in [0.15, 0.2) is 10.6 Å². The van der Waals surface area contributed by atoms with Gasteiger partial charge < -0.3 is 14.5 Å². The summed E-state index contributed by atoms with van der Waals surface area (Å²) in [6.45, 7) is 5.73. The molecule has 0 unspecified atom stereocenters. The van der Waals surface area contributed by atoms with E-state index in [1.165, 1.54) is 25.9 Å². The minimum atomic E-state index is -0.0300. The van der Waals surface area contributed by atoms with Gasteiger partial charge >= 0.3 is 0 Å². The van der Waals surface area contributed by atoms with Crippen molar-refractivity contribution in [3.63, 3.8) is 0 Å². The van der Waals surface area contributed by atoms with E-state index in [0.29, 0.717) is 11.6 Å². The Morgan fingerprint density at radius 2 is 2.25 bits per heavy atom. The van der Waals surface area contributed by atoms with Gasteiger partial charge in [0.05, 0.1) is 6.61 Å². The molecule has 4 heteroatoms. The molecule has 1 saturated heterocycles. The third kappa shape index (κ3) is 2.83. The molecule has 16 heavy (non-hydrogen) atoms. The van der Waals surface area contributed by atoms with Gasteiger partial charge in [-0.25, -0.2) is 0 Å². The molecule has 1 aliphatic heterocycles. The van der Waals surface area contributed by atoms with Crippen LogP contribution in [0.3, 0.4) is 0 Å². The summed E-state index contributed by atoms with van der Waals surface area (Å²) in [5.74, 6) is 1.63. The van der Waals surface area contributed by atoms with Crippen molar-refractivity contribution < 1.29 is 9.63 Å². The van der Waals surface area contributed by atoms with E-state index in [-0.39, 0.29) is 6.61 Å². The summed E-state index contributed by atoms with van der Waals surface area (Å²) in [5, 5.41) is 12.7. The van der Waals surface area contributed by atoms with E-state index in [4.69, 9.17) is 9.63 Å². The average molecular weight is 224 g/mol. The second kappa shape index (κ2) is 5.46. The quantitative estimate of drug-likeness (QED) is 0.840. The maximum absolute atomic E-state index is 8.89. The molecule has 1 aliphatic rings. The molecular weight excluding hydrogens is 204 g/mol. The summed E-state index contributed by atoms with van der Waals surface area (Å²) in [7, 11) is 0. The summed E-state index contributed by atoms with van der Waals surface area (Å²) in [6, 6.07) is 1.87. The van der Waals surface area contributed by atoms with E-state index in [1.807, 2.05) is 6.07 Å². The summed E-state index contributed by atoms with van der Waals surface area (Å²) < 4.78 is 5.19. The number of hydrogen-bond donors (Lipinski definition) is 1. The topological polar surface area (TPSA) is 49.5 Å². The highest BCUT2D eigenvalue weighted by Gasteiger charge is 2.19. The van der Waals surface area contributed by atoms with E-state index in [0.717, 1.165) is 18.7 Å². The Morgan fingerprint density at radius 3 is 2.81 bits per heavy atom. The highest BCUT2D eigenvalue weighted by molar-refractivity contribution is 5.05. The predicted octanol–water partition coefficient (Wildman–Crippen LogP) is 1.44. The summed E-state index contributed by atoms with van der Waals surface area (Å²) >= 11 is 0. The normalized spacial score (nSPS) is 19.1. The van der Waals surface area contributed by atoms with Crippen LogP contribution in [0.2, 0.25) is 0 Å². The maximum Gasteiger partial charge on any atom is 0.137 e. The van der Waals surface area contributed by atoms with Crippen LogP contribution in [-0.2, 0) is 13.0 Å². The Kier molecular flexibility index (Phi) is 3.96. The van der Waals surface area contributed by atoms with Gasteiger partial charge in [-0.05, 0) is 38.4 Å². The van der Waals surface area contributed by atoms with Crippen molar-refractivity contribution in [1.29, 1.82) is 0 Å². The zero-order valence-corrected chi connectivity index (χ0v) is 9.85. The zero-order valence-electron chi connectivity index (χ0n) is 9.85. The van der Waals surface area contributed by atoms with E-state index in [9.17, 15) is 0 Å². The van der Waals surface area contributed by atoms with E-state index in [2.05, 4.69) is 17.0 Å². The number of nitrogens with zero attached hydrogens (tertiary/aromatic N) is 2. The maximum atomic E-state index is 8.89. The van der Waals surface area contributed by atoms with Crippen molar-refractivity contribution in [2.75, 3.05) is 19.6 Å². The number of likely N-dealkylation sites (tertiary alicyclic amines) is 1. The summed E-state index contributed by atoms with van der Waals surface area (Å²) in [6.07, 6.45) is 3.44. The smallest absolute Gasteiger partial charge is 0.137 e. The molecule has 0 atom stereocenters. The van der Waals surface area contributed by atoms with Crippen molar-refractivity contribution in [3.05, 3.63) is 17.5 Å². The third-order valence-electron chi connectivity index (χ3n) is 3.41. The molecule has 2 heterocycles. The van der Waals surface area contributed by atoms with Gasteiger partial charge in [0.25, 0.3) is 0 Å². The van der Waals surface area contributed by atoms with Gasteiger partial charge in [0.15, 0.2) is 0 Å². The van der Waals surface area contributed by atoms with Crippen molar-refractivity contribution >= 4 is 0 Å². The fourth-order valence-corrected chi connectivity index (χ4v) is 2.32. The van der Waals surface area contributed by atoms with Crippen molar-refractivity contribution in [1.82, 2.24) is 10.1 Å². The van der Waals surface area contributed by atoms with Gasteiger partial charge in [0.1, 0.15) is 11.5 Å². The number of aliphatic hydroxyl groups excluding tert-OH is 1. The SMILES string of the molecule is CCN1CCC(Cc2cc(CO)no2)CC1. The average Bonchev–Trinajstić information content (AvgIpc) is 2.78. The molecule has 90 valence electrons. The Hall–Kier alpha value is -0.870. The Labute approximate surface area is 96.2 Å². The van der Waals surface area contributed by atoms with Crippen molar-refractivity contribution in [2.45, 2.75) is 32.8 Å². The van der Waals surface area contributed by atoms with Gasteiger partial charge in [-0.2, -0.15) is 0 Å². The molecule has 0 radical (unpaired) electrons. The molecule has 1 fully saturated rings. The first kappa shape index (κ1) is 11.6. The second-order valence-electron chi connectivity index (χ2n) is 4.52. The number of aromatic nitrogens is 1. The first-order valence-corrected chi connectivity index (χ1v) is 6.09. The summed E-state index contributed by atoms with van der Waals surface area (Å²) in [4.78, 5) is 2.48. The highest BCUT2D eigenvalue weighted by atomic mass is 16.5. The number of rotatable bonds is 4. The zero-order chi connectivity index (χ0) is 11.4. The first-order chi connectivity index (χ1) is 7.81. The Morgan fingerprint density at radius 1 is 1.50 bits per heavy atom. The number of aliphatic hydroxyl groups is 1. The van der Waals surface area contributed by atoms with Crippen LogP contribution >= 0.6 is 0 Å². The van der Waals surface area contributed by atoms with Gasteiger partial charge in [0, 0.05) is 12.5 Å². The summed E-state index contributed by atoms with van der Waals surface area (Å²) in [5.41, 5.74) is 0.640. The fourth-order valence-electron chi connectivity index (χ4n) is 2.32. The van der Waals surface area contributed by atoms with Crippen LogP contribution in [0.1, 0.15) is 31.2 Å². The van der Waals surface area contributed by atoms with Crippen LogP contribution in [0.5, 0.6) is 0 Å². The lowest BCUT2D eigenvalue weighted by molar-refractivity contribution is 0.185. The van der Waals surface area contributed by atoms with E-state index >= 15 is 0 Å². The Balaban J connectivity index is 1.82. The standard InChI is InChI=1S/C12H20N2O2/c1-2-14-5-3-10(4-6-14)7-12-8-11(9-15)13-16-12/h8,10,15H,2-7,9H2,1H3. The van der Waals surface area contributed by atoms with Gasteiger partial charge in [-0.15, -0.1) is 0 Å². The highest BCUT2D eigenvalue weighted by Crippen LogP contribution is 2.21. The largest absolute Gasteiger partial charge is 0.390 e. The molecule has 0 aromatic carbocycles. The first-order valence-electron chi connectivity index (χ1n) is 6.09. The molecule has 4 nitrogen and oxygen atoms in total. The number of piperidine rings is 1.